The van der Waals surface area contributed by atoms with Gasteiger partial charge in [0.2, 0.25) is 11.8 Å². The van der Waals surface area contributed by atoms with Crippen molar-refractivity contribution in [1.82, 2.24) is 10.2 Å². The third kappa shape index (κ3) is 5.49. The van der Waals surface area contributed by atoms with E-state index in [1.54, 1.807) is 31.1 Å². The van der Waals surface area contributed by atoms with E-state index in [2.05, 4.69) is 5.32 Å². The molecule has 0 aliphatic rings. The molecule has 0 aliphatic heterocycles. The van der Waals surface area contributed by atoms with Crippen LogP contribution in [0.3, 0.4) is 0 Å². The van der Waals surface area contributed by atoms with Gasteiger partial charge in [0.1, 0.15) is 11.8 Å². The Bertz CT molecular complexity index is 745. The maximum Gasteiger partial charge on any atom is 0.242 e. The van der Waals surface area contributed by atoms with Gasteiger partial charge in [0.15, 0.2) is 0 Å². The Kier molecular flexibility index (Phi) is 7.04. The van der Waals surface area contributed by atoms with Crippen molar-refractivity contribution in [2.75, 3.05) is 7.11 Å². The summed E-state index contributed by atoms with van der Waals surface area (Å²) in [5.74, 6) is 0.385. The quantitative estimate of drug-likeness (QED) is 0.808. The topological polar surface area (TPSA) is 58.6 Å². The molecule has 138 valence electrons. The molecule has 0 unspecified atom stereocenters. The molecule has 0 spiro atoms. The second kappa shape index (κ2) is 9.25. The monoisotopic (exact) mass is 374 g/mol. The number of rotatable bonds is 7. The molecule has 2 amide bonds. The number of hydrogen-bond acceptors (Lipinski definition) is 3. The van der Waals surface area contributed by atoms with Gasteiger partial charge in [-0.1, -0.05) is 35.9 Å². The molecule has 6 heteroatoms. The summed E-state index contributed by atoms with van der Waals surface area (Å²) in [4.78, 5) is 26.0. The molecule has 2 aromatic carbocycles. The van der Waals surface area contributed by atoms with Gasteiger partial charge in [-0.3, -0.25) is 9.59 Å². The molecule has 0 fully saturated rings. The van der Waals surface area contributed by atoms with Crippen LogP contribution in [0.1, 0.15) is 25.0 Å². The third-order valence-electron chi connectivity index (χ3n) is 4.14. The molecule has 0 saturated heterocycles. The van der Waals surface area contributed by atoms with Gasteiger partial charge in [-0.25, -0.2) is 0 Å². The van der Waals surface area contributed by atoms with E-state index >= 15 is 0 Å². The van der Waals surface area contributed by atoms with Crippen LogP contribution in [-0.2, 0) is 22.7 Å². The fourth-order valence-electron chi connectivity index (χ4n) is 2.53. The van der Waals surface area contributed by atoms with E-state index in [1.165, 1.54) is 6.92 Å². The first-order valence-corrected chi connectivity index (χ1v) is 8.71. The maximum absolute atomic E-state index is 12.5. The first-order valence-electron chi connectivity index (χ1n) is 8.33. The first-order chi connectivity index (χ1) is 12.4. The normalized spacial score (nSPS) is 11.5. The largest absolute Gasteiger partial charge is 0.497 e. The summed E-state index contributed by atoms with van der Waals surface area (Å²) >= 11 is 5.86. The zero-order chi connectivity index (χ0) is 19.1. The zero-order valence-electron chi connectivity index (χ0n) is 15.2. The van der Waals surface area contributed by atoms with Crippen molar-refractivity contribution in [2.45, 2.75) is 33.0 Å². The molecule has 26 heavy (non-hydrogen) atoms. The fourth-order valence-corrected chi connectivity index (χ4v) is 2.66. The number of halogens is 1. The Hall–Kier alpha value is -2.53. The summed E-state index contributed by atoms with van der Waals surface area (Å²) in [5, 5.41) is 3.51. The van der Waals surface area contributed by atoms with E-state index < -0.39 is 6.04 Å². The van der Waals surface area contributed by atoms with E-state index in [0.717, 1.165) is 16.9 Å². The highest BCUT2D eigenvalue weighted by Crippen LogP contribution is 2.15. The van der Waals surface area contributed by atoms with Gasteiger partial charge in [0.05, 0.1) is 7.11 Å². The Labute approximate surface area is 158 Å². The predicted molar refractivity (Wildman–Crippen MR) is 102 cm³/mol. The SMILES string of the molecule is COc1ccc(CN(C(C)=O)[C@H](C)C(=O)NCc2ccc(Cl)cc2)cc1. The molecule has 0 heterocycles. The van der Waals surface area contributed by atoms with Gasteiger partial charge in [0.25, 0.3) is 0 Å². The minimum Gasteiger partial charge on any atom is -0.497 e. The lowest BCUT2D eigenvalue weighted by Crippen LogP contribution is -2.46. The van der Waals surface area contributed by atoms with Gasteiger partial charge < -0.3 is 15.0 Å². The van der Waals surface area contributed by atoms with E-state index in [-0.39, 0.29) is 11.8 Å². The predicted octanol–water partition coefficient (Wildman–Crippen LogP) is 3.40. The van der Waals surface area contributed by atoms with Crippen molar-refractivity contribution in [3.8, 4) is 5.75 Å². The van der Waals surface area contributed by atoms with Crippen LogP contribution in [-0.4, -0.2) is 29.9 Å². The van der Waals surface area contributed by atoms with Crippen molar-refractivity contribution >= 4 is 23.4 Å². The fraction of sp³-hybridized carbons (Fsp3) is 0.300. The van der Waals surface area contributed by atoms with Crippen LogP contribution in [0.4, 0.5) is 0 Å². The third-order valence-corrected chi connectivity index (χ3v) is 4.40. The Morgan fingerprint density at radius 3 is 2.19 bits per heavy atom. The Morgan fingerprint density at radius 2 is 1.65 bits per heavy atom. The number of carbonyl (C=O) groups is 2. The lowest BCUT2D eigenvalue weighted by Gasteiger charge is -2.27. The average molecular weight is 375 g/mol. The Morgan fingerprint density at radius 1 is 1.08 bits per heavy atom. The Balaban J connectivity index is 1.99. The van der Waals surface area contributed by atoms with Crippen LogP contribution in [0, 0.1) is 0 Å². The second-order valence-electron chi connectivity index (χ2n) is 6.02. The smallest absolute Gasteiger partial charge is 0.242 e. The average Bonchev–Trinajstić information content (AvgIpc) is 2.65. The van der Waals surface area contributed by atoms with Crippen LogP contribution in [0.25, 0.3) is 0 Å². The van der Waals surface area contributed by atoms with Gasteiger partial charge in [-0.2, -0.15) is 0 Å². The number of ether oxygens (including phenoxy) is 1. The maximum atomic E-state index is 12.5. The van der Waals surface area contributed by atoms with E-state index in [1.807, 2.05) is 36.4 Å². The number of amides is 2. The zero-order valence-corrected chi connectivity index (χ0v) is 15.9. The van der Waals surface area contributed by atoms with Gasteiger partial charge in [0, 0.05) is 25.0 Å². The summed E-state index contributed by atoms with van der Waals surface area (Å²) in [6.07, 6.45) is 0. The molecular formula is C20H23ClN2O3. The number of hydrogen-bond donors (Lipinski definition) is 1. The van der Waals surface area contributed by atoms with Crippen molar-refractivity contribution in [3.63, 3.8) is 0 Å². The van der Waals surface area contributed by atoms with Crippen molar-refractivity contribution in [2.24, 2.45) is 0 Å². The van der Waals surface area contributed by atoms with Crippen LogP contribution in [0.15, 0.2) is 48.5 Å². The van der Waals surface area contributed by atoms with E-state index in [0.29, 0.717) is 18.1 Å². The number of benzene rings is 2. The molecule has 1 atom stereocenters. The van der Waals surface area contributed by atoms with E-state index in [4.69, 9.17) is 16.3 Å². The van der Waals surface area contributed by atoms with Gasteiger partial charge >= 0.3 is 0 Å². The first kappa shape index (κ1) is 19.8. The number of nitrogens with zero attached hydrogens (tertiary/aromatic N) is 1. The molecule has 0 aliphatic carbocycles. The minimum absolute atomic E-state index is 0.157. The summed E-state index contributed by atoms with van der Waals surface area (Å²) in [6, 6.07) is 14.1. The molecule has 0 bridgehead atoms. The molecule has 2 rings (SSSR count). The summed E-state index contributed by atoms with van der Waals surface area (Å²) in [6.45, 7) is 3.93. The highest BCUT2D eigenvalue weighted by Gasteiger charge is 2.23. The molecule has 0 radical (unpaired) electrons. The number of methoxy groups -OCH3 is 1. The molecular weight excluding hydrogens is 352 g/mol. The van der Waals surface area contributed by atoms with E-state index in [9.17, 15) is 9.59 Å². The molecule has 2 aromatic rings. The van der Waals surface area contributed by atoms with Crippen LogP contribution in [0.2, 0.25) is 5.02 Å². The summed E-state index contributed by atoms with van der Waals surface area (Å²) < 4.78 is 5.14. The second-order valence-corrected chi connectivity index (χ2v) is 6.45. The number of carbonyl (C=O) groups excluding carboxylic acids is 2. The van der Waals surface area contributed by atoms with Crippen molar-refractivity contribution in [1.29, 1.82) is 0 Å². The standard InChI is InChI=1S/C20H23ClN2O3/c1-14(20(25)22-12-16-4-8-18(21)9-5-16)23(15(2)24)13-17-6-10-19(26-3)11-7-17/h4-11,14H,12-13H2,1-3H3,(H,22,25)/t14-/m1/s1. The van der Waals surface area contributed by atoms with Gasteiger partial charge in [-0.05, 0) is 42.3 Å². The van der Waals surface area contributed by atoms with Crippen molar-refractivity contribution < 1.29 is 14.3 Å². The van der Waals surface area contributed by atoms with Crippen LogP contribution >= 0.6 is 11.6 Å². The molecule has 1 N–H and O–H groups in total. The lowest BCUT2D eigenvalue weighted by atomic mass is 10.1. The summed E-state index contributed by atoms with van der Waals surface area (Å²) in [5.41, 5.74) is 1.87. The molecule has 0 saturated carbocycles. The molecule has 5 nitrogen and oxygen atoms in total. The number of nitrogens with one attached hydrogen (secondary N) is 1. The lowest BCUT2D eigenvalue weighted by molar-refractivity contribution is -0.139. The van der Waals surface area contributed by atoms with Gasteiger partial charge in [-0.15, -0.1) is 0 Å². The highest BCUT2D eigenvalue weighted by molar-refractivity contribution is 6.30. The highest BCUT2D eigenvalue weighted by atomic mass is 35.5. The van der Waals surface area contributed by atoms with Crippen molar-refractivity contribution in [3.05, 3.63) is 64.7 Å². The summed E-state index contributed by atoms with van der Waals surface area (Å²) in [7, 11) is 1.60. The minimum atomic E-state index is -0.582. The van der Waals surface area contributed by atoms with Crippen LogP contribution in [0.5, 0.6) is 5.75 Å². The molecule has 0 aromatic heterocycles. The van der Waals surface area contributed by atoms with Crippen LogP contribution < -0.4 is 10.1 Å².